The topological polar surface area (TPSA) is 71.1 Å². The predicted octanol–water partition coefficient (Wildman–Crippen LogP) is 0.737. The molecule has 9 heteroatoms. The summed E-state index contributed by atoms with van der Waals surface area (Å²) >= 11 is 0. The summed E-state index contributed by atoms with van der Waals surface area (Å²) in [5.74, 6) is -0.0889. The average Bonchev–Trinajstić information content (AvgIpc) is 2.63. The first kappa shape index (κ1) is 21.0. The van der Waals surface area contributed by atoms with Gasteiger partial charge in [0.25, 0.3) is 0 Å². The van der Waals surface area contributed by atoms with E-state index in [0.29, 0.717) is 39.3 Å². The van der Waals surface area contributed by atoms with Gasteiger partial charge < -0.3 is 19.7 Å². The molecule has 0 aromatic heterocycles. The molecular formula is C18H25F2N3O4. The van der Waals surface area contributed by atoms with Gasteiger partial charge in [0, 0.05) is 19.6 Å². The first-order valence-corrected chi connectivity index (χ1v) is 8.78. The molecule has 1 saturated heterocycles. The highest BCUT2D eigenvalue weighted by atomic mass is 19.3. The Morgan fingerprint density at radius 1 is 1.22 bits per heavy atom. The fourth-order valence-electron chi connectivity index (χ4n) is 2.68. The molecular weight excluding hydrogens is 360 g/mol. The van der Waals surface area contributed by atoms with E-state index in [-0.39, 0.29) is 30.7 Å². The van der Waals surface area contributed by atoms with Crippen LogP contribution >= 0.6 is 0 Å². The zero-order valence-corrected chi connectivity index (χ0v) is 15.3. The van der Waals surface area contributed by atoms with Gasteiger partial charge in [-0.2, -0.15) is 8.78 Å². The van der Waals surface area contributed by atoms with Crippen LogP contribution in [0.2, 0.25) is 0 Å². The van der Waals surface area contributed by atoms with Crippen LogP contribution in [0.15, 0.2) is 24.3 Å². The summed E-state index contributed by atoms with van der Waals surface area (Å²) in [6.45, 7) is 0.133. The Balaban J connectivity index is 1.64. The second kappa shape index (κ2) is 10.8. The molecule has 0 aliphatic carbocycles. The third-order valence-electron chi connectivity index (χ3n) is 4.07. The van der Waals surface area contributed by atoms with Gasteiger partial charge in [-0.1, -0.05) is 12.1 Å². The first-order chi connectivity index (χ1) is 12.9. The highest BCUT2D eigenvalue weighted by Crippen LogP contribution is 2.14. The second-order valence-electron chi connectivity index (χ2n) is 6.29. The van der Waals surface area contributed by atoms with Crippen molar-refractivity contribution >= 4 is 11.8 Å². The van der Waals surface area contributed by atoms with Crippen molar-refractivity contribution in [1.29, 1.82) is 0 Å². The number of amides is 2. The highest BCUT2D eigenvalue weighted by Gasteiger charge is 2.19. The van der Waals surface area contributed by atoms with Crippen LogP contribution in [0.5, 0.6) is 5.75 Å². The highest BCUT2D eigenvalue weighted by molar-refractivity contribution is 5.81. The number of alkyl halides is 2. The van der Waals surface area contributed by atoms with E-state index in [4.69, 9.17) is 4.74 Å². The largest absolute Gasteiger partial charge is 0.435 e. The molecule has 1 N–H and O–H groups in total. The normalized spacial score (nSPS) is 14.5. The number of ether oxygens (including phenoxy) is 2. The average molecular weight is 385 g/mol. The number of nitrogens with zero attached hydrogens (tertiary/aromatic N) is 2. The summed E-state index contributed by atoms with van der Waals surface area (Å²) in [6.07, 6.45) is 0.567. The lowest BCUT2D eigenvalue weighted by atomic mass is 10.1. The van der Waals surface area contributed by atoms with Crippen molar-refractivity contribution in [2.45, 2.75) is 13.0 Å². The molecule has 1 heterocycles. The van der Waals surface area contributed by atoms with Crippen LogP contribution in [-0.2, 0) is 20.7 Å². The molecule has 0 spiro atoms. The summed E-state index contributed by atoms with van der Waals surface area (Å²) in [5, 5.41) is 2.78. The van der Waals surface area contributed by atoms with Crippen molar-refractivity contribution in [3.63, 3.8) is 0 Å². The molecule has 1 aromatic rings. The smallest absolute Gasteiger partial charge is 0.387 e. The lowest BCUT2D eigenvalue weighted by Crippen LogP contribution is -2.46. The molecule has 7 nitrogen and oxygen atoms in total. The van der Waals surface area contributed by atoms with Crippen molar-refractivity contribution in [3.8, 4) is 5.75 Å². The number of benzene rings is 1. The number of carbonyl (C=O) groups is 2. The summed E-state index contributed by atoms with van der Waals surface area (Å²) in [7, 11) is 1.72. The van der Waals surface area contributed by atoms with Crippen LogP contribution in [-0.4, -0.2) is 81.2 Å². The lowest BCUT2D eigenvalue weighted by Gasteiger charge is -2.28. The quantitative estimate of drug-likeness (QED) is 0.679. The molecule has 1 aromatic carbocycles. The summed E-state index contributed by atoms with van der Waals surface area (Å²) < 4.78 is 33.7. The minimum atomic E-state index is -2.85. The Morgan fingerprint density at radius 3 is 2.52 bits per heavy atom. The van der Waals surface area contributed by atoms with Gasteiger partial charge in [0.05, 0.1) is 26.3 Å². The van der Waals surface area contributed by atoms with Gasteiger partial charge in [-0.15, -0.1) is 0 Å². The van der Waals surface area contributed by atoms with Crippen molar-refractivity contribution in [2.24, 2.45) is 0 Å². The molecule has 1 aliphatic heterocycles. The van der Waals surface area contributed by atoms with Crippen molar-refractivity contribution in [3.05, 3.63) is 29.8 Å². The molecule has 2 rings (SSSR count). The van der Waals surface area contributed by atoms with Crippen LogP contribution in [0, 0.1) is 0 Å². The third kappa shape index (κ3) is 7.88. The summed E-state index contributed by atoms with van der Waals surface area (Å²) in [5.41, 5.74) is 0.896. The fourth-order valence-corrected chi connectivity index (χ4v) is 2.68. The van der Waals surface area contributed by atoms with E-state index in [0.717, 1.165) is 5.56 Å². The van der Waals surface area contributed by atoms with Crippen LogP contribution < -0.4 is 10.1 Å². The molecule has 0 bridgehead atoms. The Labute approximate surface area is 157 Å². The molecule has 27 heavy (non-hydrogen) atoms. The van der Waals surface area contributed by atoms with Crippen LogP contribution in [0.3, 0.4) is 0 Å². The van der Waals surface area contributed by atoms with Crippen LogP contribution in [0.4, 0.5) is 8.78 Å². The minimum Gasteiger partial charge on any atom is -0.435 e. The maximum atomic E-state index is 12.1. The minimum absolute atomic E-state index is 0.0142. The Kier molecular flexibility index (Phi) is 8.41. The molecule has 0 unspecified atom stereocenters. The predicted molar refractivity (Wildman–Crippen MR) is 94.7 cm³/mol. The maximum absolute atomic E-state index is 12.1. The molecule has 1 fully saturated rings. The van der Waals surface area contributed by atoms with E-state index < -0.39 is 6.61 Å². The number of nitrogens with one attached hydrogen (secondary N) is 1. The molecule has 0 saturated carbocycles. The van der Waals surface area contributed by atoms with E-state index >= 15 is 0 Å². The molecule has 0 radical (unpaired) electrons. The Bertz CT molecular complexity index is 607. The SMILES string of the molecule is CN(CC(=O)NCCc1ccc(OC(F)F)cc1)CC(=O)N1CCOCC1. The fraction of sp³-hybridized carbons (Fsp3) is 0.556. The lowest BCUT2D eigenvalue weighted by molar-refractivity contribution is -0.136. The number of hydrogen-bond acceptors (Lipinski definition) is 5. The second-order valence-corrected chi connectivity index (χ2v) is 6.29. The molecule has 0 atom stereocenters. The van der Waals surface area contributed by atoms with Gasteiger partial charge in [0.1, 0.15) is 5.75 Å². The summed E-state index contributed by atoms with van der Waals surface area (Å²) in [6, 6.07) is 6.29. The van der Waals surface area contributed by atoms with Gasteiger partial charge in [-0.25, -0.2) is 0 Å². The third-order valence-corrected chi connectivity index (χ3v) is 4.07. The summed E-state index contributed by atoms with van der Waals surface area (Å²) in [4.78, 5) is 27.5. The van der Waals surface area contributed by atoms with E-state index in [1.54, 1.807) is 29.0 Å². The van der Waals surface area contributed by atoms with Gasteiger partial charge in [0.15, 0.2) is 0 Å². The first-order valence-electron chi connectivity index (χ1n) is 8.78. The van der Waals surface area contributed by atoms with Gasteiger partial charge in [-0.05, 0) is 31.2 Å². The Hall–Kier alpha value is -2.26. The number of halogens is 2. The van der Waals surface area contributed by atoms with Crippen LogP contribution in [0.25, 0.3) is 0 Å². The maximum Gasteiger partial charge on any atom is 0.387 e. The number of morpholine rings is 1. The number of rotatable bonds is 9. The van der Waals surface area contributed by atoms with E-state index in [1.165, 1.54) is 12.1 Å². The van der Waals surface area contributed by atoms with E-state index in [2.05, 4.69) is 10.1 Å². The monoisotopic (exact) mass is 385 g/mol. The van der Waals surface area contributed by atoms with Gasteiger partial charge in [-0.3, -0.25) is 14.5 Å². The van der Waals surface area contributed by atoms with Crippen LogP contribution in [0.1, 0.15) is 5.56 Å². The van der Waals surface area contributed by atoms with Crippen molar-refractivity contribution in [1.82, 2.24) is 15.1 Å². The Morgan fingerprint density at radius 2 is 1.89 bits per heavy atom. The van der Waals surface area contributed by atoms with E-state index in [9.17, 15) is 18.4 Å². The molecule has 2 amide bonds. The molecule has 1 aliphatic rings. The van der Waals surface area contributed by atoms with Crippen molar-refractivity contribution in [2.75, 3.05) is 53.0 Å². The van der Waals surface area contributed by atoms with E-state index in [1.807, 2.05) is 0 Å². The van der Waals surface area contributed by atoms with Gasteiger partial charge in [0.2, 0.25) is 11.8 Å². The molecule has 150 valence electrons. The number of carbonyl (C=O) groups excluding carboxylic acids is 2. The van der Waals surface area contributed by atoms with Crippen molar-refractivity contribution < 1.29 is 27.8 Å². The number of likely N-dealkylation sites (N-methyl/N-ethyl adjacent to an activating group) is 1. The zero-order chi connectivity index (χ0) is 19.6. The zero-order valence-electron chi connectivity index (χ0n) is 15.3. The van der Waals surface area contributed by atoms with Gasteiger partial charge >= 0.3 is 6.61 Å². The number of hydrogen-bond donors (Lipinski definition) is 1. The standard InChI is InChI=1S/C18H25F2N3O4/c1-22(13-17(25)23-8-10-26-11-9-23)12-16(24)21-7-6-14-2-4-15(5-3-14)27-18(19)20/h2-5,18H,6-13H2,1H3,(H,21,24).